The summed E-state index contributed by atoms with van der Waals surface area (Å²) in [7, 11) is 0. The van der Waals surface area contributed by atoms with Crippen molar-refractivity contribution in [2.24, 2.45) is 0 Å². The Morgan fingerprint density at radius 1 is 1.31 bits per heavy atom. The molecule has 0 N–H and O–H groups in total. The number of hydrogen-bond acceptors (Lipinski definition) is 1. The van der Waals surface area contributed by atoms with Crippen LogP contribution < -0.4 is 0 Å². The maximum Gasteiger partial charge on any atom is 0.504 e. The largest absolute Gasteiger partial charge is 0.504 e. The normalized spacial score (nSPS) is 12.4. The van der Waals surface area contributed by atoms with Crippen LogP contribution in [0, 0.1) is 0 Å². The van der Waals surface area contributed by atoms with Gasteiger partial charge in [-0.3, -0.25) is 0 Å². The zero-order chi connectivity index (χ0) is 11.9. The van der Waals surface area contributed by atoms with Crippen molar-refractivity contribution in [3.05, 3.63) is 17.5 Å². The Bertz CT molecular complexity index is 353. The lowest BCUT2D eigenvalue weighted by Gasteiger charge is -2.14. The second-order valence-corrected chi connectivity index (χ2v) is 4.55. The first-order chi connectivity index (χ1) is 6.66. The van der Waals surface area contributed by atoms with Gasteiger partial charge in [0.25, 0.3) is 0 Å². The van der Waals surface area contributed by atoms with Crippen molar-refractivity contribution in [1.29, 1.82) is 0 Å². The summed E-state index contributed by atoms with van der Waals surface area (Å²) >= 11 is 5.44. The third kappa shape index (κ3) is 3.28. The van der Waals surface area contributed by atoms with Crippen molar-refractivity contribution in [3.8, 4) is 0 Å². The highest BCUT2D eigenvalue weighted by atomic mass is 35.5. The van der Waals surface area contributed by atoms with Crippen LogP contribution in [0.5, 0.6) is 0 Å². The van der Waals surface area contributed by atoms with Gasteiger partial charge in [-0.15, -0.1) is 37.2 Å². The molecule has 0 aliphatic heterocycles. The predicted molar refractivity (Wildman–Crippen MR) is 59.0 cm³/mol. The molecule has 0 spiro atoms. The van der Waals surface area contributed by atoms with Gasteiger partial charge in [0.2, 0.25) is 0 Å². The van der Waals surface area contributed by atoms with Gasteiger partial charge in [0.1, 0.15) is 0 Å². The zero-order valence-corrected chi connectivity index (χ0v) is 10.7. The maximum absolute atomic E-state index is 12.5. The zero-order valence-electron chi connectivity index (χ0n) is 9.10. The summed E-state index contributed by atoms with van der Waals surface area (Å²) in [5.41, 5.74) is -0.0679. The Labute approximate surface area is 103 Å². The molecule has 0 aliphatic rings. The predicted octanol–water partition coefficient (Wildman–Crippen LogP) is 3.82. The third-order valence-electron chi connectivity index (χ3n) is 1.93. The third-order valence-corrected chi connectivity index (χ3v) is 2.20. The van der Waals surface area contributed by atoms with Gasteiger partial charge in [-0.05, 0) is 6.07 Å². The highest BCUT2D eigenvalue weighted by Crippen LogP contribution is 2.29. The Hall–Kier alpha value is -0.420. The second kappa shape index (κ2) is 4.84. The van der Waals surface area contributed by atoms with Crippen molar-refractivity contribution in [3.63, 3.8) is 0 Å². The quantitative estimate of drug-likeness (QED) is 0.713. The highest BCUT2D eigenvalue weighted by Gasteiger charge is 2.35. The molecule has 0 aliphatic carbocycles. The lowest BCUT2D eigenvalue weighted by Crippen LogP contribution is -2.21. The summed E-state index contributed by atoms with van der Waals surface area (Å²) < 4.78 is 37.5. The molecule has 2 nitrogen and oxygen atoms in total. The minimum Gasteiger partial charge on any atom is -0.174 e. The van der Waals surface area contributed by atoms with E-state index in [4.69, 9.17) is 11.6 Å². The van der Waals surface area contributed by atoms with E-state index in [1.807, 2.05) is 0 Å². The molecule has 16 heavy (non-hydrogen) atoms. The Kier molecular flexibility index (Phi) is 4.71. The molecule has 0 atom stereocenters. The van der Waals surface area contributed by atoms with Gasteiger partial charge in [0.05, 0.1) is 17.3 Å². The van der Waals surface area contributed by atoms with E-state index in [2.05, 4.69) is 5.10 Å². The van der Waals surface area contributed by atoms with Crippen LogP contribution in [0.4, 0.5) is 13.2 Å². The van der Waals surface area contributed by atoms with Crippen LogP contribution in [-0.4, -0.2) is 9.78 Å². The fraction of sp³-hybridized carbons (Fsp3) is 0.667. The fourth-order valence-corrected chi connectivity index (χ4v) is 1.29. The minimum atomic E-state index is -4.51. The first-order valence-electron chi connectivity index (χ1n) is 4.39. The monoisotopic (exact) mass is 276 g/mol. The fourth-order valence-electron chi connectivity index (χ4n) is 1.10. The molecule has 0 radical (unpaired) electrons. The second-order valence-electron chi connectivity index (χ2n) is 4.28. The SMILES string of the molecule is CC(C)(C)c1cc(CCl)n(C(F)(F)F)n1.Cl. The van der Waals surface area contributed by atoms with E-state index >= 15 is 0 Å². The van der Waals surface area contributed by atoms with Crippen molar-refractivity contribution < 1.29 is 13.2 Å². The lowest BCUT2D eigenvalue weighted by atomic mass is 9.92. The van der Waals surface area contributed by atoms with Gasteiger partial charge in [0.15, 0.2) is 0 Å². The molecule has 1 aromatic heterocycles. The summed E-state index contributed by atoms with van der Waals surface area (Å²) in [6.45, 7) is 5.40. The molecule has 1 heterocycles. The number of rotatable bonds is 1. The molecule has 0 amide bonds. The highest BCUT2D eigenvalue weighted by molar-refractivity contribution is 6.16. The first-order valence-corrected chi connectivity index (χ1v) is 4.92. The van der Waals surface area contributed by atoms with Crippen LogP contribution in [0.25, 0.3) is 0 Å². The van der Waals surface area contributed by atoms with Crippen LogP contribution >= 0.6 is 24.0 Å². The Morgan fingerprint density at radius 2 is 1.81 bits per heavy atom. The average Bonchev–Trinajstić information content (AvgIpc) is 2.44. The molecule has 0 fully saturated rings. The van der Waals surface area contributed by atoms with E-state index in [0.717, 1.165) is 0 Å². The molecule has 0 unspecified atom stereocenters. The topological polar surface area (TPSA) is 17.8 Å². The molecule has 0 saturated carbocycles. The Morgan fingerprint density at radius 3 is 2.06 bits per heavy atom. The van der Waals surface area contributed by atoms with E-state index in [-0.39, 0.29) is 28.7 Å². The molecule has 0 aromatic carbocycles. The Balaban J connectivity index is 0.00000225. The molecule has 1 aromatic rings. The smallest absolute Gasteiger partial charge is 0.174 e. The van der Waals surface area contributed by atoms with Gasteiger partial charge in [-0.2, -0.15) is 9.78 Å². The van der Waals surface area contributed by atoms with E-state index in [0.29, 0.717) is 5.69 Å². The summed E-state index contributed by atoms with van der Waals surface area (Å²) in [5.74, 6) is -0.206. The van der Waals surface area contributed by atoms with Crippen LogP contribution in [0.2, 0.25) is 0 Å². The van der Waals surface area contributed by atoms with Crippen molar-refractivity contribution in [2.75, 3.05) is 0 Å². The van der Waals surface area contributed by atoms with Gasteiger partial charge in [-0.1, -0.05) is 20.8 Å². The number of alkyl halides is 4. The first kappa shape index (κ1) is 15.6. The van der Waals surface area contributed by atoms with Gasteiger partial charge < -0.3 is 0 Å². The van der Waals surface area contributed by atoms with Crippen LogP contribution in [0.1, 0.15) is 32.2 Å². The lowest BCUT2D eigenvalue weighted by molar-refractivity contribution is -0.213. The standard InChI is InChI=1S/C9H12ClF3N2.ClH/c1-8(2,3)7-4-6(5-10)15(14-7)9(11,12)13;/h4H,5H2,1-3H3;1H. The van der Waals surface area contributed by atoms with Crippen LogP contribution in [0.15, 0.2) is 6.07 Å². The molecular weight excluding hydrogens is 264 g/mol. The van der Waals surface area contributed by atoms with E-state index in [1.54, 1.807) is 20.8 Å². The van der Waals surface area contributed by atoms with E-state index in [9.17, 15) is 13.2 Å². The van der Waals surface area contributed by atoms with Gasteiger partial charge in [-0.25, -0.2) is 0 Å². The van der Waals surface area contributed by atoms with Crippen LogP contribution in [-0.2, 0) is 17.6 Å². The van der Waals surface area contributed by atoms with Crippen molar-refractivity contribution >= 4 is 24.0 Å². The van der Waals surface area contributed by atoms with Gasteiger partial charge in [0, 0.05) is 5.41 Å². The molecule has 0 bridgehead atoms. The van der Waals surface area contributed by atoms with Crippen LogP contribution in [0.3, 0.4) is 0 Å². The molecular formula is C9H13Cl2F3N2. The number of aromatic nitrogens is 2. The summed E-state index contributed by atoms with van der Waals surface area (Å²) in [4.78, 5) is 0. The summed E-state index contributed by atoms with van der Waals surface area (Å²) in [5, 5.41) is 3.53. The molecule has 1 rings (SSSR count). The molecule has 94 valence electrons. The average molecular weight is 277 g/mol. The van der Waals surface area contributed by atoms with E-state index in [1.165, 1.54) is 6.07 Å². The summed E-state index contributed by atoms with van der Waals surface area (Å²) in [6.07, 6.45) is -4.51. The number of hydrogen-bond donors (Lipinski definition) is 0. The number of halogens is 5. The van der Waals surface area contributed by atoms with Crippen molar-refractivity contribution in [2.45, 2.75) is 38.4 Å². The minimum absolute atomic E-state index is 0. The van der Waals surface area contributed by atoms with E-state index < -0.39 is 11.7 Å². The maximum atomic E-state index is 12.5. The summed E-state index contributed by atoms with van der Waals surface area (Å²) in [6, 6.07) is 1.39. The van der Waals surface area contributed by atoms with Gasteiger partial charge >= 0.3 is 6.30 Å². The molecule has 0 saturated heterocycles. The number of nitrogens with zero attached hydrogens (tertiary/aromatic N) is 2. The molecule has 7 heteroatoms. The van der Waals surface area contributed by atoms with Crippen molar-refractivity contribution in [1.82, 2.24) is 9.78 Å².